The third-order valence-corrected chi connectivity index (χ3v) is 10.5. The molecule has 1 unspecified atom stereocenters. The van der Waals surface area contributed by atoms with Gasteiger partial charge in [-0.05, 0) is 75.0 Å². The van der Waals surface area contributed by atoms with Gasteiger partial charge in [0.1, 0.15) is 30.0 Å². The Bertz CT molecular complexity index is 2180. The number of nitrogens with one attached hydrogen (secondary N) is 3. The monoisotopic (exact) mass is 841 g/mol. The minimum Gasteiger partial charge on any atom is -0.492 e. The number of carbonyl (C=O) groups is 4. The summed E-state index contributed by atoms with van der Waals surface area (Å²) in [4.78, 5) is 60.4. The fourth-order valence-electron chi connectivity index (χ4n) is 6.94. The topological polar surface area (TPSA) is 183 Å². The number of anilines is 4. The summed E-state index contributed by atoms with van der Waals surface area (Å²) < 4.78 is 47.1. The standard InChI is InChI=1S/C38H39ClF3N9O6S/c1-37(2)35(56)50(27-17-28(38(40,41)42)30(18-43)44-19-27)36(58)51(37)26-3-5-31(22(13-26)21-52)57-12-11-48-7-9-49(10-8-48)20-33(54)46-25-15-23(39)14-24(16-25)45-29-4-6-32(53)47-34(29)55/h3,5,13-17,19,29,45,52H,4,6-12,20-21H2,1-2H3,(H,46,54)(H,47,53,55). The lowest BCUT2D eigenvalue weighted by molar-refractivity contribution is -0.138. The molecular formula is C38H39ClF3N9O6S. The molecule has 0 bridgehead atoms. The first-order chi connectivity index (χ1) is 27.5. The van der Waals surface area contributed by atoms with Crippen LogP contribution >= 0.6 is 23.8 Å². The van der Waals surface area contributed by atoms with Crippen LogP contribution in [0, 0.1) is 11.3 Å². The molecule has 306 valence electrons. The van der Waals surface area contributed by atoms with Crippen molar-refractivity contribution >= 4 is 75.3 Å². The fraction of sp³-hybridized carbons (Fsp3) is 0.395. The van der Waals surface area contributed by atoms with Gasteiger partial charge in [0, 0.05) is 66.8 Å². The van der Waals surface area contributed by atoms with E-state index in [-0.39, 0.29) is 42.2 Å². The quantitative estimate of drug-likeness (QED) is 0.152. The summed E-state index contributed by atoms with van der Waals surface area (Å²) in [6.45, 7) is 6.31. The molecule has 0 saturated carbocycles. The molecule has 58 heavy (non-hydrogen) atoms. The third kappa shape index (κ3) is 9.32. The number of piperazine rings is 1. The van der Waals surface area contributed by atoms with Crippen molar-refractivity contribution in [1.29, 1.82) is 5.26 Å². The first-order valence-electron chi connectivity index (χ1n) is 18.2. The number of thiocarbonyl (C=S) groups is 1. The number of rotatable bonds is 12. The highest BCUT2D eigenvalue weighted by Gasteiger charge is 2.51. The van der Waals surface area contributed by atoms with Gasteiger partial charge in [-0.15, -0.1) is 0 Å². The van der Waals surface area contributed by atoms with E-state index in [2.05, 4.69) is 25.8 Å². The number of carbonyl (C=O) groups excluding carboxylic acids is 4. The van der Waals surface area contributed by atoms with E-state index in [1.807, 2.05) is 4.90 Å². The van der Waals surface area contributed by atoms with Crippen LogP contribution in [0.25, 0.3) is 0 Å². The molecule has 2 aromatic carbocycles. The Morgan fingerprint density at radius 3 is 2.47 bits per heavy atom. The van der Waals surface area contributed by atoms with Gasteiger partial charge < -0.3 is 25.4 Å². The molecule has 0 radical (unpaired) electrons. The van der Waals surface area contributed by atoms with E-state index in [1.165, 1.54) is 11.0 Å². The molecule has 0 spiro atoms. The molecule has 6 rings (SSSR count). The van der Waals surface area contributed by atoms with E-state index in [0.717, 1.165) is 11.1 Å². The van der Waals surface area contributed by atoms with Gasteiger partial charge in [-0.25, -0.2) is 4.98 Å². The molecule has 3 aliphatic rings. The summed E-state index contributed by atoms with van der Waals surface area (Å²) in [6.07, 6.45) is -3.33. The summed E-state index contributed by atoms with van der Waals surface area (Å²) in [5.74, 6) is -1.18. The van der Waals surface area contributed by atoms with Crippen LogP contribution in [0.1, 0.15) is 43.5 Å². The van der Waals surface area contributed by atoms with Gasteiger partial charge in [0.05, 0.1) is 30.6 Å². The van der Waals surface area contributed by atoms with Crippen LogP contribution in [0.4, 0.5) is 35.9 Å². The van der Waals surface area contributed by atoms with Crippen molar-refractivity contribution in [2.75, 3.05) is 66.3 Å². The number of nitriles is 1. The first-order valence-corrected chi connectivity index (χ1v) is 18.9. The number of piperidine rings is 1. The van der Waals surface area contributed by atoms with Crippen molar-refractivity contribution in [3.8, 4) is 11.8 Å². The van der Waals surface area contributed by atoms with E-state index < -0.39 is 47.4 Å². The maximum atomic E-state index is 13.7. The molecule has 1 atom stereocenters. The van der Waals surface area contributed by atoms with Gasteiger partial charge in [0.15, 0.2) is 10.8 Å². The van der Waals surface area contributed by atoms with E-state index in [9.17, 15) is 37.5 Å². The van der Waals surface area contributed by atoms with Gasteiger partial charge in [-0.3, -0.25) is 39.2 Å². The highest BCUT2D eigenvalue weighted by atomic mass is 35.5. The van der Waals surface area contributed by atoms with Crippen LogP contribution in [-0.4, -0.2) is 106 Å². The number of amides is 4. The number of hydrogen-bond donors (Lipinski definition) is 4. The molecule has 1 aromatic heterocycles. The molecule has 3 fully saturated rings. The number of hydrogen-bond acceptors (Lipinski definition) is 12. The number of nitrogens with zero attached hydrogens (tertiary/aromatic N) is 6. The van der Waals surface area contributed by atoms with Crippen LogP contribution < -0.4 is 30.5 Å². The van der Waals surface area contributed by atoms with Crippen molar-refractivity contribution in [3.05, 3.63) is 70.5 Å². The van der Waals surface area contributed by atoms with Crippen molar-refractivity contribution in [2.24, 2.45) is 0 Å². The molecule has 0 aliphatic carbocycles. The Morgan fingerprint density at radius 2 is 1.79 bits per heavy atom. The fourth-order valence-corrected chi connectivity index (χ4v) is 7.70. The highest BCUT2D eigenvalue weighted by Crippen LogP contribution is 2.40. The Labute approximate surface area is 341 Å². The van der Waals surface area contributed by atoms with Gasteiger partial charge in [-0.1, -0.05) is 11.6 Å². The smallest absolute Gasteiger partial charge is 0.419 e. The molecule has 20 heteroatoms. The molecule has 15 nitrogen and oxygen atoms in total. The van der Waals surface area contributed by atoms with Crippen molar-refractivity contribution in [2.45, 2.75) is 51.1 Å². The minimum atomic E-state index is -4.89. The summed E-state index contributed by atoms with van der Waals surface area (Å²) >= 11 is 11.9. The number of alkyl halides is 3. The Morgan fingerprint density at radius 1 is 1.09 bits per heavy atom. The number of aliphatic hydroxyl groups is 1. The first kappa shape index (κ1) is 42.2. The lowest BCUT2D eigenvalue weighted by Crippen LogP contribution is -2.49. The Kier molecular flexibility index (Phi) is 12.5. The van der Waals surface area contributed by atoms with E-state index in [4.69, 9.17) is 33.8 Å². The van der Waals surface area contributed by atoms with Crippen molar-refractivity contribution in [3.63, 3.8) is 0 Å². The predicted molar refractivity (Wildman–Crippen MR) is 211 cm³/mol. The van der Waals surface area contributed by atoms with E-state index in [1.54, 1.807) is 50.2 Å². The zero-order valence-electron chi connectivity index (χ0n) is 31.4. The second-order valence-electron chi connectivity index (χ2n) is 14.4. The molecule has 3 saturated heterocycles. The third-order valence-electron chi connectivity index (χ3n) is 9.94. The lowest BCUT2D eigenvalue weighted by Gasteiger charge is -2.34. The van der Waals surface area contributed by atoms with E-state index >= 15 is 0 Å². The van der Waals surface area contributed by atoms with Crippen LogP contribution in [0.15, 0.2) is 48.7 Å². The molecular weight excluding hydrogens is 803 g/mol. The summed E-state index contributed by atoms with van der Waals surface area (Å²) in [7, 11) is 0. The molecule has 3 aliphatic heterocycles. The Balaban J connectivity index is 1.00. The van der Waals surface area contributed by atoms with Crippen LogP contribution in [0.3, 0.4) is 0 Å². The Hall–Kier alpha value is -5.39. The number of ether oxygens (including phenoxy) is 1. The van der Waals surface area contributed by atoms with Crippen LogP contribution in [0.5, 0.6) is 5.75 Å². The maximum Gasteiger partial charge on any atom is 0.419 e. The van der Waals surface area contributed by atoms with Crippen molar-refractivity contribution < 1.29 is 42.2 Å². The number of pyridine rings is 1. The van der Waals surface area contributed by atoms with Crippen LogP contribution in [0.2, 0.25) is 5.02 Å². The molecule has 4 heterocycles. The predicted octanol–water partition coefficient (Wildman–Crippen LogP) is 3.89. The van der Waals surface area contributed by atoms with Crippen LogP contribution in [-0.2, 0) is 32.0 Å². The number of aromatic nitrogens is 1. The zero-order valence-corrected chi connectivity index (χ0v) is 32.9. The number of benzene rings is 2. The SMILES string of the molecule is CC1(C)C(=O)N(c2cnc(C#N)c(C(F)(F)F)c2)C(=S)N1c1ccc(OCCN2CCN(CC(=O)Nc3cc(Cl)cc(NC4CCC(=O)NC4=O)c3)CC2)c(CO)c1. The molecule has 4 N–H and O–H groups in total. The maximum absolute atomic E-state index is 13.7. The molecule has 3 aromatic rings. The van der Waals surface area contributed by atoms with Gasteiger partial charge in [0.2, 0.25) is 17.7 Å². The van der Waals surface area contributed by atoms with Crippen molar-refractivity contribution in [1.82, 2.24) is 20.1 Å². The van der Waals surface area contributed by atoms with Gasteiger partial charge >= 0.3 is 6.18 Å². The second kappa shape index (κ2) is 17.2. The normalized spacial score (nSPS) is 18.9. The summed E-state index contributed by atoms with van der Waals surface area (Å²) in [5.41, 5.74) is -1.90. The average molecular weight is 842 g/mol. The van der Waals surface area contributed by atoms with Gasteiger partial charge in [-0.2, -0.15) is 18.4 Å². The summed E-state index contributed by atoms with van der Waals surface area (Å²) in [6, 6.07) is 11.3. The largest absolute Gasteiger partial charge is 0.492 e. The molecule has 4 amide bonds. The number of imide groups is 1. The number of aliphatic hydroxyl groups excluding tert-OH is 1. The minimum absolute atomic E-state index is 0.109. The number of halogens is 4. The second-order valence-corrected chi connectivity index (χ2v) is 15.2. The van der Waals surface area contributed by atoms with E-state index in [0.29, 0.717) is 78.6 Å². The zero-order chi connectivity index (χ0) is 41.9. The van der Waals surface area contributed by atoms with Gasteiger partial charge in [0.25, 0.3) is 5.91 Å². The highest BCUT2D eigenvalue weighted by molar-refractivity contribution is 7.81. The summed E-state index contributed by atoms with van der Waals surface area (Å²) in [5, 5.41) is 27.9. The average Bonchev–Trinajstić information content (AvgIpc) is 3.34. The lowest BCUT2D eigenvalue weighted by atomic mass is 10.0.